The first kappa shape index (κ1) is 9.11. The van der Waals surface area contributed by atoms with Crippen molar-refractivity contribution in [2.45, 2.75) is 51.4 Å². The highest BCUT2D eigenvalue weighted by Crippen LogP contribution is 2.61. The molecule has 0 aromatic carbocycles. The molecule has 0 aliphatic heterocycles. The van der Waals surface area contributed by atoms with Gasteiger partial charge >= 0.3 is 0 Å². The third-order valence-corrected chi connectivity index (χ3v) is 4.75. The Morgan fingerprint density at radius 3 is 1.71 bits per heavy atom. The van der Waals surface area contributed by atoms with Crippen molar-refractivity contribution in [3.8, 4) is 0 Å². The molecule has 4 aliphatic rings. The van der Waals surface area contributed by atoms with Crippen LogP contribution < -0.4 is 0 Å². The van der Waals surface area contributed by atoms with Crippen LogP contribution >= 0.6 is 0 Å². The van der Waals surface area contributed by atoms with E-state index in [1.54, 1.807) is 0 Å². The molecule has 0 radical (unpaired) electrons. The van der Waals surface area contributed by atoms with Crippen molar-refractivity contribution < 1.29 is 8.78 Å². The van der Waals surface area contributed by atoms with E-state index in [1.165, 1.54) is 19.3 Å². The molecule has 0 aromatic rings. The fraction of sp³-hybridized carbons (Fsp3) is 1.00. The molecule has 0 saturated heterocycles. The van der Waals surface area contributed by atoms with Gasteiger partial charge in [0, 0.05) is 6.42 Å². The zero-order valence-corrected chi connectivity index (χ0v) is 8.52. The minimum Gasteiger partial charge on any atom is -0.211 e. The second-order valence-corrected chi connectivity index (χ2v) is 6.01. The van der Waals surface area contributed by atoms with Gasteiger partial charge in [-0.15, -0.1) is 0 Å². The molecular formula is C12H18F2. The van der Waals surface area contributed by atoms with E-state index < -0.39 is 6.43 Å². The molecule has 0 nitrogen and oxygen atoms in total. The number of alkyl halides is 2. The monoisotopic (exact) mass is 200 g/mol. The largest absolute Gasteiger partial charge is 0.239 e. The minimum absolute atomic E-state index is 0.0723. The number of hydrogen-bond acceptors (Lipinski definition) is 0. The maximum atomic E-state index is 12.5. The van der Waals surface area contributed by atoms with E-state index in [0.29, 0.717) is 0 Å². The van der Waals surface area contributed by atoms with Crippen LogP contribution in [0.5, 0.6) is 0 Å². The topological polar surface area (TPSA) is 0 Å². The van der Waals surface area contributed by atoms with E-state index in [0.717, 1.165) is 37.0 Å². The standard InChI is InChI=1S/C12H18F2/c13-11(14)7-12-4-8-1-9(5-12)3-10(2-8)6-12/h8-11H,1-7H2. The summed E-state index contributed by atoms with van der Waals surface area (Å²) in [4.78, 5) is 0. The molecule has 4 rings (SSSR count). The van der Waals surface area contributed by atoms with Gasteiger partial charge in [-0.3, -0.25) is 0 Å². The SMILES string of the molecule is FC(F)CC12CC3CC(CC(C3)C1)C2. The number of hydrogen-bond donors (Lipinski definition) is 0. The van der Waals surface area contributed by atoms with Crippen LogP contribution in [0.2, 0.25) is 0 Å². The fourth-order valence-electron chi connectivity index (χ4n) is 4.87. The Labute approximate surface area is 84.1 Å². The second-order valence-electron chi connectivity index (χ2n) is 6.01. The van der Waals surface area contributed by atoms with E-state index in [9.17, 15) is 8.78 Å². The summed E-state index contributed by atoms with van der Waals surface area (Å²) < 4.78 is 25.1. The molecule has 4 saturated carbocycles. The molecule has 0 amide bonds. The summed E-state index contributed by atoms with van der Waals surface area (Å²) in [6, 6.07) is 0. The van der Waals surface area contributed by atoms with E-state index in [4.69, 9.17) is 0 Å². The van der Waals surface area contributed by atoms with Crippen LogP contribution in [0.3, 0.4) is 0 Å². The van der Waals surface area contributed by atoms with Crippen molar-refractivity contribution in [1.29, 1.82) is 0 Å². The lowest BCUT2D eigenvalue weighted by molar-refractivity contribution is -0.0813. The molecule has 4 bridgehead atoms. The first-order chi connectivity index (χ1) is 6.65. The maximum Gasteiger partial charge on any atom is 0.239 e. The third-order valence-electron chi connectivity index (χ3n) is 4.75. The zero-order valence-electron chi connectivity index (χ0n) is 8.52. The molecular weight excluding hydrogens is 182 g/mol. The molecule has 0 heterocycles. The van der Waals surface area contributed by atoms with Crippen molar-refractivity contribution in [3.63, 3.8) is 0 Å². The van der Waals surface area contributed by atoms with Crippen LogP contribution in [0.15, 0.2) is 0 Å². The normalized spacial score (nSPS) is 50.4. The average molecular weight is 200 g/mol. The van der Waals surface area contributed by atoms with E-state index >= 15 is 0 Å². The Hall–Kier alpha value is -0.140. The van der Waals surface area contributed by atoms with Gasteiger partial charge in [0.2, 0.25) is 6.43 Å². The van der Waals surface area contributed by atoms with Gasteiger partial charge in [-0.05, 0) is 61.7 Å². The first-order valence-electron chi connectivity index (χ1n) is 5.93. The summed E-state index contributed by atoms with van der Waals surface area (Å²) in [7, 11) is 0. The van der Waals surface area contributed by atoms with Crippen LogP contribution in [0, 0.1) is 23.2 Å². The average Bonchev–Trinajstić information content (AvgIpc) is 1.96. The third kappa shape index (κ3) is 1.38. The van der Waals surface area contributed by atoms with Gasteiger partial charge in [-0.25, -0.2) is 8.78 Å². The fourth-order valence-corrected chi connectivity index (χ4v) is 4.87. The summed E-state index contributed by atoms with van der Waals surface area (Å²) in [5, 5.41) is 0. The minimum atomic E-state index is -2.08. The zero-order chi connectivity index (χ0) is 9.76. The Balaban J connectivity index is 1.80. The molecule has 2 heteroatoms. The quantitative estimate of drug-likeness (QED) is 0.635. The van der Waals surface area contributed by atoms with Crippen LogP contribution in [-0.2, 0) is 0 Å². The predicted octanol–water partition coefficient (Wildman–Crippen LogP) is 3.86. The molecule has 0 N–H and O–H groups in total. The van der Waals surface area contributed by atoms with Gasteiger partial charge in [-0.2, -0.15) is 0 Å². The Morgan fingerprint density at radius 1 is 0.929 bits per heavy atom. The summed E-state index contributed by atoms with van der Waals surface area (Å²) in [5.74, 6) is 2.42. The predicted molar refractivity (Wildman–Crippen MR) is 51.2 cm³/mol. The van der Waals surface area contributed by atoms with E-state index in [-0.39, 0.29) is 11.8 Å². The van der Waals surface area contributed by atoms with Gasteiger partial charge in [0.15, 0.2) is 0 Å². The Kier molecular flexibility index (Phi) is 1.91. The summed E-state index contributed by atoms with van der Waals surface area (Å²) in [6.07, 6.45) is 5.51. The molecule has 0 atom stereocenters. The molecule has 0 spiro atoms. The lowest BCUT2D eigenvalue weighted by Gasteiger charge is -2.56. The Morgan fingerprint density at radius 2 is 1.36 bits per heavy atom. The molecule has 4 fully saturated rings. The lowest BCUT2D eigenvalue weighted by atomic mass is 9.49. The molecule has 14 heavy (non-hydrogen) atoms. The summed E-state index contributed by atoms with van der Waals surface area (Å²) in [6.45, 7) is 0. The summed E-state index contributed by atoms with van der Waals surface area (Å²) in [5.41, 5.74) is 0.0723. The van der Waals surface area contributed by atoms with Crippen LogP contribution in [-0.4, -0.2) is 6.43 Å². The number of rotatable bonds is 2. The molecule has 4 aliphatic carbocycles. The molecule has 0 unspecified atom stereocenters. The van der Waals surface area contributed by atoms with Crippen molar-refractivity contribution in [2.24, 2.45) is 23.2 Å². The lowest BCUT2D eigenvalue weighted by Crippen LogP contribution is -2.46. The highest BCUT2D eigenvalue weighted by atomic mass is 19.3. The molecule has 80 valence electrons. The number of halogens is 2. The van der Waals surface area contributed by atoms with Crippen molar-refractivity contribution in [1.82, 2.24) is 0 Å². The van der Waals surface area contributed by atoms with E-state index in [1.807, 2.05) is 0 Å². The van der Waals surface area contributed by atoms with Gasteiger partial charge in [0.1, 0.15) is 0 Å². The van der Waals surface area contributed by atoms with Gasteiger partial charge in [0.05, 0.1) is 0 Å². The van der Waals surface area contributed by atoms with Gasteiger partial charge in [0.25, 0.3) is 0 Å². The van der Waals surface area contributed by atoms with E-state index in [2.05, 4.69) is 0 Å². The van der Waals surface area contributed by atoms with Crippen LogP contribution in [0.4, 0.5) is 8.78 Å². The highest BCUT2D eigenvalue weighted by molar-refractivity contribution is 5.01. The van der Waals surface area contributed by atoms with Crippen molar-refractivity contribution in [2.75, 3.05) is 0 Å². The second kappa shape index (κ2) is 2.93. The van der Waals surface area contributed by atoms with Crippen molar-refractivity contribution >= 4 is 0 Å². The van der Waals surface area contributed by atoms with Crippen molar-refractivity contribution in [3.05, 3.63) is 0 Å². The van der Waals surface area contributed by atoms with Crippen LogP contribution in [0.1, 0.15) is 44.9 Å². The summed E-state index contributed by atoms with van der Waals surface area (Å²) >= 11 is 0. The highest BCUT2D eigenvalue weighted by Gasteiger charge is 2.51. The molecule has 0 aromatic heterocycles. The van der Waals surface area contributed by atoms with Crippen LogP contribution in [0.25, 0.3) is 0 Å². The Bertz CT molecular complexity index is 193. The first-order valence-corrected chi connectivity index (χ1v) is 5.93. The van der Waals surface area contributed by atoms with Gasteiger partial charge < -0.3 is 0 Å². The van der Waals surface area contributed by atoms with Gasteiger partial charge in [-0.1, -0.05) is 0 Å². The maximum absolute atomic E-state index is 12.5. The smallest absolute Gasteiger partial charge is 0.211 e.